The first-order chi connectivity index (χ1) is 15.1. The van der Waals surface area contributed by atoms with Gasteiger partial charge in [-0.15, -0.1) is 0 Å². The summed E-state index contributed by atoms with van der Waals surface area (Å²) in [6.45, 7) is 0.109. The van der Waals surface area contributed by atoms with Gasteiger partial charge in [-0.25, -0.2) is 0 Å². The molecule has 3 aromatic rings. The van der Waals surface area contributed by atoms with E-state index in [1.165, 1.54) is 0 Å². The summed E-state index contributed by atoms with van der Waals surface area (Å²) in [5.74, 6) is -3.24. The Balaban J connectivity index is 1.61. The molecule has 3 aromatic carbocycles. The summed E-state index contributed by atoms with van der Waals surface area (Å²) >= 11 is 0. The number of aliphatic carboxylic acids is 1. The van der Waals surface area contributed by atoms with Crippen LogP contribution in [0.4, 0.5) is 0 Å². The number of carboxylic acid groups (broad SMARTS) is 1. The van der Waals surface area contributed by atoms with Gasteiger partial charge in [-0.1, -0.05) is 72.8 Å². The molecule has 0 aliphatic heterocycles. The molecule has 2 unspecified atom stereocenters. The predicted molar refractivity (Wildman–Crippen MR) is 113 cm³/mol. The van der Waals surface area contributed by atoms with E-state index in [0.29, 0.717) is 0 Å². The van der Waals surface area contributed by atoms with Crippen molar-refractivity contribution in [2.24, 2.45) is 11.8 Å². The van der Waals surface area contributed by atoms with Gasteiger partial charge in [-0.05, 0) is 28.8 Å². The molecule has 4 rings (SSSR count). The molecule has 0 aromatic heterocycles. The summed E-state index contributed by atoms with van der Waals surface area (Å²) in [7, 11) is 1.59. The van der Waals surface area contributed by atoms with Crippen LogP contribution in [0.1, 0.15) is 28.5 Å². The summed E-state index contributed by atoms with van der Waals surface area (Å²) in [5.41, 5.74) is 2.43. The smallest absolute Gasteiger partial charge is 0.310 e. The van der Waals surface area contributed by atoms with Gasteiger partial charge in [0.2, 0.25) is 0 Å². The summed E-state index contributed by atoms with van der Waals surface area (Å²) in [6, 6.07) is 25.8. The van der Waals surface area contributed by atoms with Crippen LogP contribution in [-0.4, -0.2) is 19.0 Å². The number of hydrogen-bond donors (Lipinski definition) is 0. The van der Waals surface area contributed by atoms with Crippen LogP contribution in [-0.2, 0) is 20.9 Å². The van der Waals surface area contributed by atoms with Gasteiger partial charge < -0.3 is 19.4 Å². The van der Waals surface area contributed by atoms with Crippen LogP contribution < -0.4 is 9.84 Å². The molecule has 0 amide bonds. The third-order valence-electron chi connectivity index (χ3n) is 6.00. The van der Waals surface area contributed by atoms with Crippen molar-refractivity contribution >= 4 is 11.9 Å². The van der Waals surface area contributed by atoms with Crippen molar-refractivity contribution in [3.8, 4) is 5.75 Å². The second-order valence-electron chi connectivity index (χ2n) is 7.70. The third kappa shape index (κ3) is 4.17. The Morgan fingerprint density at radius 2 is 1.29 bits per heavy atom. The first kappa shape index (κ1) is 20.7. The van der Waals surface area contributed by atoms with E-state index in [9.17, 15) is 14.7 Å². The van der Waals surface area contributed by atoms with Gasteiger partial charge in [-0.3, -0.25) is 4.79 Å². The zero-order chi connectivity index (χ0) is 21.8. The fraction of sp³-hybridized carbons (Fsp3) is 0.231. The molecule has 1 saturated carbocycles. The van der Waals surface area contributed by atoms with Crippen molar-refractivity contribution in [1.82, 2.24) is 0 Å². The topological polar surface area (TPSA) is 75.7 Å². The number of carbonyl (C=O) groups excluding carboxylic acids is 2. The molecule has 0 saturated heterocycles. The van der Waals surface area contributed by atoms with Crippen LogP contribution in [0, 0.1) is 11.8 Å². The Labute approximate surface area is 181 Å². The summed E-state index contributed by atoms with van der Waals surface area (Å²) < 4.78 is 10.8. The minimum Gasteiger partial charge on any atom is -0.550 e. The molecule has 1 aliphatic carbocycles. The lowest BCUT2D eigenvalue weighted by Gasteiger charge is -2.51. The zero-order valence-corrected chi connectivity index (χ0v) is 17.1. The molecule has 0 bridgehead atoms. The largest absolute Gasteiger partial charge is 0.550 e. The lowest BCUT2D eigenvalue weighted by atomic mass is 9.52. The fourth-order valence-electron chi connectivity index (χ4n) is 4.49. The quantitative estimate of drug-likeness (QED) is 0.554. The van der Waals surface area contributed by atoms with Crippen molar-refractivity contribution in [1.29, 1.82) is 0 Å². The van der Waals surface area contributed by atoms with Crippen molar-refractivity contribution < 1.29 is 24.2 Å². The van der Waals surface area contributed by atoms with Crippen molar-refractivity contribution in [3.63, 3.8) is 0 Å². The second kappa shape index (κ2) is 9.04. The van der Waals surface area contributed by atoms with Gasteiger partial charge >= 0.3 is 5.97 Å². The maximum atomic E-state index is 13.2. The van der Waals surface area contributed by atoms with E-state index in [-0.39, 0.29) is 6.61 Å². The number of ether oxygens (including phenoxy) is 2. The van der Waals surface area contributed by atoms with Crippen LogP contribution in [0.15, 0.2) is 84.9 Å². The lowest BCUT2D eigenvalue weighted by molar-refractivity contribution is -0.317. The van der Waals surface area contributed by atoms with Crippen molar-refractivity contribution in [3.05, 3.63) is 102 Å². The van der Waals surface area contributed by atoms with E-state index in [0.717, 1.165) is 22.4 Å². The van der Waals surface area contributed by atoms with Crippen LogP contribution >= 0.6 is 0 Å². The number of hydrogen-bond acceptors (Lipinski definition) is 5. The highest BCUT2D eigenvalue weighted by Gasteiger charge is 2.56. The Hall–Kier alpha value is -3.60. The molecule has 5 heteroatoms. The van der Waals surface area contributed by atoms with Gasteiger partial charge in [0, 0.05) is 23.7 Å². The van der Waals surface area contributed by atoms with Crippen LogP contribution in [0.25, 0.3) is 0 Å². The summed E-state index contributed by atoms with van der Waals surface area (Å²) in [6.07, 6.45) is 0. The molecule has 1 fully saturated rings. The maximum Gasteiger partial charge on any atom is 0.310 e. The van der Waals surface area contributed by atoms with Gasteiger partial charge in [-0.2, -0.15) is 0 Å². The molecule has 0 spiro atoms. The van der Waals surface area contributed by atoms with Gasteiger partial charge in [0.05, 0.1) is 13.0 Å². The van der Waals surface area contributed by atoms with Crippen LogP contribution in [0.2, 0.25) is 0 Å². The Bertz CT molecular complexity index is 983. The fourth-order valence-corrected chi connectivity index (χ4v) is 4.49. The molecule has 158 valence electrons. The molecular formula is C26H23O5-. The van der Waals surface area contributed by atoms with Gasteiger partial charge in [0.1, 0.15) is 12.4 Å². The monoisotopic (exact) mass is 415 g/mol. The maximum absolute atomic E-state index is 13.2. The highest BCUT2D eigenvalue weighted by Crippen LogP contribution is 2.57. The van der Waals surface area contributed by atoms with E-state index in [2.05, 4.69) is 0 Å². The SMILES string of the molecule is COc1ccc(COC(=O)C2C(c3ccccc3)C(C(=O)[O-])C2c2ccccc2)cc1. The Kier molecular flexibility index (Phi) is 6.03. The van der Waals surface area contributed by atoms with Gasteiger partial charge in [0.15, 0.2) is 0 Å². The number of esters is 1. The minimum atomic E-state index is -1.15. The second-order valence-corrected chi connectivity index (χ2v) is 7.70. The molecular weight excluding hydrogens is 392 g/mol. The zero-order valence-electron chi connectivity index (χ0n) is 17.1. The van der Waals surface area contributed by atoms with E-state index < -0.39 is 35.6 Å². The lowest BCUT2D eigenvalue weighted by Crippen LogP contribution is -2.55. The van der Waals surface area contributed by atoms with Crippen LogP contribution in [0.3, 0.4) is 0 Å². The highest BCUT2D eigenvalue weighted by atomic mass is 16.5. The number of carboxylic acids is 1. The average molecular weight is 415 g/mol. The van der Waals surface area contributed by atoms with Crippen LogP contribution in [0.5, 0.6) is 5.75 Å². The molecule has 1 aliphatic rings. The summed E-state index contributed by atoms with van der Waals surface area (Å²) in [5, 5.41) is 12.1. The first-order valence-electron chi connectivity index (χ1n) is 10.2. The van der Waals surface area contributed by atoms with E-state index >= 15 is 0 Å². The number of benzene rings is 3. The highest BCUT2D eigenvalue weighted by molar-refractivity contribution is 5.83. The average Bonchev–Trinajstić information content (AvgIpc) is 2.78. The molecule has 0 N–H and O–H groups in total. The van der Waals surface area contributed by atoms with Crippen molar-refractivity contribution in [2.75, 3.05) is 7.11 Å². The Morgan fingerprint density at radius 3 is 1.74 bits per heavy atom. The molecule has 5 nitrogen and oxygen atoms in total. The molecule has 2 atom stereocenters. The molecule has 31 heavy (non-hydrogen) atoms. The minimum absolute atomic E-state index is 0.109. The van der Waals surface area contributed by atoms with E-state index in [1.54, 1.807) is 19.2 Å². The van der Waals surface area contributed by atoms with E-state index in [4.69, 9.17) is 9.47 Å². The molecule has 0 radical (unpaired) electrons. The standard InChI is InChI=1S/C26H24O5/c1-30-20-14-12-17(13-15-20)16-31-26(29)24-21(18-8-4-2-5-9-18)23(25(27)28)22(24)19-10-6-3-7-11-19/h2-15,21-24H,16H2,1H3,(H,27,28)/p-1. The van der Waals surface area contributed by atoms with Gasteiger partial charge in [0.25, 0.3) is 0 Å². The normalized spacial score (nSPS) is 22.2. The third-order valence-corrected chi connectivity index (χ3v) is 6.00. The van der Waals surface area contributed by atoms with Crippen molar-refractivity contribution in [2.45, 2.75) is 18.4 Å². The van der Waals surface area contributed by atoms with E-state index in [1.807, 2.05) is 72.8 Å². The number of carbonyl (C=O) groups is 2. The Morgan fingerprint density at radius 1 is 0.774 bits per heavy atom. The summed E-state index contributed by atoms with van der Waals surface area (Å²) in [4.78, 5) is 25.3. The number of rotatable bonds is 7. The predicted octanol–water partition coefficient (Wildman–Crippen LogP) is 3.30. The molecule has 0 heterocycles. The number of methoxy groups -OCH3 is 1. The first-order valence-corrected chi connectivity index (χ1v) is 10.2.